The molecule has 1 amide bonds. The summed E-state index contributed by atoms with van der Waals surface area (Å²) in [6.07, 6.45) is 3.03. The van der Waals surface area contributed by atoms with Crippen LogP contribution in [-0.4, -0.2) is 24.0 Å². The molecular weight excluding hydrogens is 202 g/mol. The molecule has 2 N–H and O–H groups in total. The number of nitrogens with one attached hydrogen (secondary N) is 2. The van der Waals surface area contributed by atoms with Gasteiger partial charge in [0.05, 0.1) is 18.5 Å². The van der Waals surface area contributed by atoms with Gasteiger partial charge in [0.15, 0.2) is 0 Å². The van der Waals surface area contributed by atoms with Crippen molar-refractivity contribution >= 4 is 5.91 Å². The molecular formula is C12H21N3O. The summed E-state index contributed by atoms with van der Waals surface area (Å²) < 4.78 is 0. The fourth-order valence-corrected chi connectivity index (χ4v) is 2.05. The second-order valence-corrected chi connectivity index (χ2v) is 5.45. The number of nitrogens with zero attached hydrogens (tertiary/aromatic N) is 1. The summed E-state index contributed by atoms with van der Waals surface area (Å²) in [5.74, 6) is 0.0681. The molecule has 2 unspecified atom stereocenters. The Bertz CT molecular complexity index is 288. The Balaban J connectivity index is 2.30. The molecule has 16 heavy (non-hydrogen) atoms. The van der Waals surface area contributed by atoms with Crippen LogP contribution < -0.4 is 10.6 Å². The first kappa shape index (κ1) is 13.0. The molecule has 0 bridgehead atoms. The quantitative estimate of drug-likeness (QED) is 0.755. The van der Waals surface area contributed by atoms with Crippen LogP contribution >= 0.6 is 0 Å². The van der Waals surface area contributed by atoms with Crippen molar-refractivity contribution in [3.63, 3.8) is 0 Å². The van der Waals surface area contributed by atoms with Gasteiger partial charge in [0, 0.05) is 11.6 Å². The van der Waals surface area contributed by atoms with E-state index in [4.69, 9.17) is 5.26 Å². The molecule has 1 fully saturated rings. The molecule has 0 aliphatic heterocycles. The molecule has 4 heteroatoms. The SMILES string of the molecule is CC(C)(C)NC(=O)CNC1CCCC1C#N. The van der Waals surface area contributed by atoms with Crippen molar-refractivity contribution in [3.05, 3.63) is 0 Å². The Morgan fingerprint density at radius 3 is 2.69 bits per heavy atom. The topological polar surface area (TPSA) is 64.9 Å². The monoisotopic (exact) mass is 223 g/mol. The molecule has 1 rings (SSSR count). The van der Waals surface area contributed by atoms with E-state index in [2.05, 4.69) is 16.7 Å². The van der Waals surface area contributed by atoms with Crippen LogP contribution in [-0.2, 0) is 4.79 Å². The van der Waals surface area contributed by atoms with E-state index in [0.29, 0.717) is 6.54 Å². The Hall–Kier alpha value is -1.08. The summed E-state index contributed by atoms with van der Waals surface area (Å²) in [6.45, 7) is 6.18. The maximum atomic E-state index is 11.6. The molecule has 0 aromatic rings. The van der Waals surface area contributed by atoms with E-state index in [1.165, 1.54) is 0 Å². The minimum atomic E-state index is -0.191. The first-order valence-corrected chi connectivity index (χ1v) is 5.86. The fraction of sp³-hybridized carbons (Fsp3) is 0.833. The van der Waals surface area contributed by atoms with Crippen LogP contribution in [0.5, 0.6) is 0 Å². The van der Waals surface area contributed by atoms with E-state index >= 15 is 0 Å². The van der Waals surface area contributed by atoms with Gasteiger partial charge in [-0.3, -0.25) is 4.79 Å². The Labute approximate surface area is 97.4 Å². The number of hydrogen-bond donors (Lipinski definition) is 2. The van der Waals surface area contributed by atoms with E-state index in [9.17, 15) is 4.79 Å². The van der Waals surface area contributed by atoms with Gasteiger partial charge in [-0.2, -0.15) is 5.26 Å². The van der Waals surface area contributed by atoms with E-state index in [1.54, 1.807) is 0 Å². The summed E-state index contributed by atoms with van der Waals surface area (Å²) in [4.78, 5) is 11.6. The number of carbonyl (C=O) groups excluding carboxylic acids is 1. The number of hydrogen-bond acceptors (Lipinski definition) is 3. The molecule has 4 nitrogen and oxygen atoms in total. The van der Waals surface area contributed by atoms with Crippen LogP contribution in [0.25, 0.3) is 0 Å². The molecule has 1 saturated carbocycles. The van der Waals surface area contributed by atoms with Crippen molar-refractivity contribution in [1.29, 1.82) is 5.26 Å². The number of carbonyl (C=O) groups is 1. The number of rotatable bonds is 3. The van der Waals surface area contributed by atoms with Crippen LogP contribution in [0.15, 0.2) is 0 Å². The number of amides is 1. The highest BCUT2D eigenvalue weighted by Gasteiger charge is 2.27. The minimum absolute atomic E-state index is 0.00362. The molecule has 1 aliphatic rings. The fourth-order valence-electron chi connectivity index (χ4n) is 2.05. The van der Waals surface area contributed by atoms with Gasteiger partial charge in [0.2, 0.25) is 5.91 Å². The first-order valence-electron chi connectivity index (χ1n) is 5.86. The van der Waals surface area contributed by atoms with Gasteiger partial charge in [0.25, 0.3) is 0 Å². The third-order valence-electron chi connectivity index (χ3n) is 2.72. The molecule has 2 atom stereocenters. The normalized spacial score (nSPS) is 25.1. The van der Waals surface area contributed by atoms with Crippen molar-refractivity contribution in [2.24, 2.45) is 5.92 Å². The average Bonchev–Trinajstić information content (AvgIpc) is 2.59. The summed E-state index contributed by atoms with van der Waals surface area (Å²) in [5, 5.41) is 15.0. The zero-order valence-electron chi connectivity index (χ0n) is 10.3. The van der Waals surface area contributed by atoms with Gasteiger partial charge < -0.3 is 10.6 Å². The smallest absolute Gasteiger partial charge is 0.234 e. The van der Waals surface area contributed by atoms with Crippen LogP contribution in [0.1, 0.15) is 40.0 Å². The molecule has 0 aromatic heterocycles. The van der Waals surface area contributed by atoms with Gasteiger partial charge in [-0.15, -0.1) is 0 Å². The van der Waals surface area contributed by atoms with E-state index in [1.807, 2.05) is 20.8 Å². The third-order valence-corrected chi connectivity index (χ3v) is 2.72. The Morgan fingerprint density at radius 2 is 2.12 bits per heavy atom. The summed E-state index contributed by atoms with van der Waals surface area (Å²) >= 11 is 0. The minimum Gasteiger partial charge on any atom is -0.350 e. The molecule has 0 saturated heterocycles. The van der Waals surface area contributed by atoms with Crippen molar-refractivity contribution in [1.82, 2.24) is 10.6 Å². The second kappa shape index (κ2) is 5.31. The van der Waals surface area contributed by atoms with Crippen molar-refractivity contribution < 1.29 is 4.79 Å². The van der Waals surface area contributed by atoms with Gasteiger partial charge in [-0.25, -0.2) is 0 Å². The molecule has 90 valence electrons. The van der Waals surface area contributed by atoms with Crippen LogP contribution in [0.2, 0.25) is 0 Å². The molecule has 1 aliphatic carbocycles. The third kappa shape index (κ3) is 4.19. The lowest BCUT2D eigenvalue weighted by atomic mass is 10.1. The second-order valence-electron chi connectivity index (χ2n) is 5.45. The van der Waals surface area contributed by atoms with Crippen LogP contribution in [0.4, 0.5) is 0 Å². The lowest BCUT2D eigenvalue weighted by molar-refractivity contribution is -0.121. The van der Waals surface area contributed by atoms with Gasteiger partial charge >= 0.3 is 0 Å². The van der Waals surface area contributed by atoms with Gasteiger partial charge in [-0.1, -0.05) is 6.42 Å². The summed E-state index contributed by atoms with van der Waals surface area (Å²) in [5.41, 5.74) is -0.191. The summed E-state index contributed by atoms with van der Waals surface area (Å²) in [6, 6.07) is 2.48. The molecule has 0 heterocycles. The van der Waals surface area contributed by atoms with Gasteiger partial charge in [0.1, 0.15) is 0 Å². The van der Waals surface area contributed by atoms with Crippen molar-refractivity contribution in [2.75, 3.05) is 6.54 Å². The highest BCUT2D eigenvalue weighted by molar-refractivity contribution is 5.78. The van der Waals surface area contributed by atoms with Crippen molar-refractivity contribution in [3.8, 4) is 6.07 Å². The standard InChI is InChI=1S/C12H21N3O/c1-12(2,3)15-11(16)8-14-10-6-4-5-9(10)7-13/h9-10,14H,4-6,8H2,1-3H3,(H,15,16). The predicted octanol–water partition coefficient (Wildman–Crippen LogP) is 1.18. The zero-order chi connectivity index (χ0) is 12.2. The van der Waals surface area contributed by atoms with Crippen molar-refractivity contribution in [2.45, 2.75) is 51.6 Å². The average molecular weight is 223 g/mol. The van der Waals surface area contributed by atoms with E-state index < -0.39 is 0 Å². The highest BCUT2D eigenvalue weighted by atomic mass is 16.2. The maximum Gasteiger partial charge on any atom is 0.234 e. The predicted molar refractivity (Wildman–Crippen MR) is 62.6 cm³/mol. The zero-order valence-corrected chi connectivity index (χ0v) is 10.3. The molecule has 0 aromatic carbocycles. The first-order chi connectivity index (χ1) is 7.42. The lowest BCUT2D eigenvalue weighted by Gasteiger charge is -2.22. The number of nitriles is 1. The van der Waals surface area contributed by atoms with E-state index in [0.717, 1.165) is 19.3 Å². The highest BCUT2D eigenvalue weighted by Crippen LogP contribution is 2.24. The lowest BCUT2D eigenvalue weighted by Crippen LogP contribution is -2.47. The Morgan fingerprint density at radius 1 is 1.44 bits per heavy atom. The van der Waals surface area contributed by atoms with Gasteiger partial charge in [-0.05, 0) is 33.6 Å². The largest absolute Gasteiger partial charge is 0.350 e. The molecule has 0 radical (unpaired) electrons. The Kier molecular flexibility index (Phi) is 4.31. The molecule has 0 spiro atoms. The van der Waals surface area contributed by atoms with E-state index in [-0.39, 0.29) is 23.4 Å². The summed E-state index contributed by atoms with van der Waals surface area (Å²) in [7, 11) is 0. The van der Waals surface area contributed by atoms with Crippen LogP contribution in [0, 0.1) is 17.2 Å². The maximum absolute atomic E-state index is 11.6. The van der Waals surface area contributed by atoms with Crippen LogP contribution in [0.3, 0.4) is 0 Å².